The normalized spacial score (nSPS) is 14.3. The van der Waals surface area contributed by atoms with Crippen molar-refractivity contribution in [2.24, 2.45) is 5.73 Å². The summed E-state index contributed by atoms with van der Waals surface area (Å²) < 4.78 is 32.6. The second-order valence-corrected chi connectivity index (χ2v) is 15.6. The van der Waals surface area contributed by atoms with Crippen LogP contribution in [0.5, 0.6) is 0 Å². The summed E-state index contributed by atoms with van der Waals surface area (Å²) in [6, 6.07) is -1.53. The van der Waals surface area contributed by atoms with E-state index in [0.717, 1.165) is 44.9 Å². The lowest BCUT2D eigenvalue weighted by atomic mass is 10.0. The number of hydrogen-bond donors (Lipinski definition) is 3. The number of rotatable bonds is 39. The van der Waals surface area contributed by atoms with Gasteiger partial charge in [0.2, 0.25) is 0 Å². The Kier molecular flexibility index (Phi) is 36.5. The fourth-order valence-electron chi connectivity index (χ4n) is 5.47. The molecule has 0 bridgehead atoms. The second kappa shape index (κ2) is 38.3. The van der Waals surface area contributed by atoms with E-state index in [1.807, 2.05) is 12.2 Å². The van der Waals surface area contributed by atoms with Gasteiger partial charge in [0.1, 0.15) is 12.6 Å². The van der Waals surface area contributed by atoms with Gasteiger partial charge in [-0.3, -0.25) is 23.4 Å². The Morgan fingerprint density at radius 1 is 0.564 bits per heavy atom. The summed E-state index contributed by atoms with van der Waals surface area (Å²) in [5.74, 6) is -2.45. The summed E-state index contributed by atoms with van der Waals surface area (Å²) in [7, 11) is -4.73. The molecule has 0 aliphatic heterocycles. The molecule has 0 amide bonds. The van der Waals surface area contributed by atoms with Crippen LogP contribution < -0.4 is 5.73 Å². The van der Waals surface area contributed by atoms with Crippen molar-refractivity contribution < 1.29 is 47.5 Å². The fourth-order valence-corrected chi connectivity index (χ4v) is 6.25. The van der Waals surface area contributed by atoms with Gasteiger partial charge in [-0.1, -0.05) is 159 Å². The Bertz CT molecular complexity index is 1120. The number of carboxylic acids is 1. The van der Waals surface area contributed by atoms with E-state index in [-0.39, 0.29) is 19.4 Å². The molecule has 3 atom stereocenters. The summed E-state index contributed by atoms with van der Waals surface area (Å²) in [6.45, 7) is 2.71. The third-order valence-electron chi connectivity index (χ3n) is 8.83. The maximum atomic E-state index is 12.6. The quantitative estimate of drug-likeness (QED) is 0.0234. The number of esters is 2. The van der Waals surface area contributed by atoms with E-state index in [1.54, 1.807) is 0 Å². The molecule has 318 valence electrons. The molecule has 12 heteroatoms. The van der Waals surface area contributed by atoms with Crippen molar-refractivity contribution >= 4 is 25.7 Å². The number of carboxylic acid groups (broad SMARTS) is 1. The molecule has 0 heterocycles. The molecule has 0 aliphatic rings. The molecule has 55 heavy (non-hydrogen) atoms. The third kappa shape index (κ3) is 38.1. The molecule has 0 radical (unpaired) electrons. The predicted octanol–water partition coefficient (Wildman–Crippen LogP) is 11.0. The summed E-state index contributed by atoms with van der Waals surface area (Å²) in [5.41, 5.74) is 5.32. The lowest BCUT2D eigenvalue weighted by Gasteiger charge is -2.20. The number of carbonyl (C=O) groups excluding carboxylic acids is 2. The highest BCUT2D eigenvalue weighted by atomic mass is 31.2. The zero-order valence-electron chi connectivity index (χ0n) is 34.3. The van der Waals surface area contributed by atoms with Crippen LogP contribution in [0, 0.1) is 0 Å². The van der Waals surface area contributed by atoms with Gasteiger partial charge >= 0.3 is 25.7 Å². The van der Waals surface area contributed by atoms with Gasteiger partial charge < -0.3 is 25.2 Å². The molecule has 0 aromatic rings. The number of phosphoric acid groups is 1. The molecule has 0 saturated heterocycles. The molecular formula is C43H76NO10P. The van der Waals surface area contributed by atoms with E-state index in [1.165, 1.54) is 83.5 Å². The monoisotopic (exact) mass is 798 g/mol. The van der Waals surface area contributed by atoms with E-state index in [0.29, 0.717) is 19.3 Å². The Morgan fingerprint density at radius 3 is 1.49 bits per heavy atom. The smallest absolute Gasteiger partial charge is 0.472 e. The first-order chi connectivity index (χ1) is 26.6. The van der Waals surface area contributed by atoms with Crippen LogP contribution in [0.1, 0.15) is 174 Å². The van der Waals surface area contributed by atoms with E-state index in [9.17, 15) is 23.8 Å². The van der Waals surface area contributed by atoms with Gasteiger partial charge in [0.25, 0.3) is 0 Å². The van der Waals surface area contributed by atoms with Crippen LogP contribution >= 0.6 is 7.82 Å². The lowest BCUT2D eigenvalue weighted by molar-refractivity contribution is -0.161. The van der Waals surface area contributed by atoms with Gasteiger partial charge in [-0.05, 0) is 51.4 Å². The van der Waals surface area contributed by atoms with Crippen molar-refractivity contribution in [2.75, 3.05) is 19.8 Å². The lowest BCUT2D eigenvalue weighted by Crippen LogP contribution is -2.34. The first-order valence-corrected chi connectivity index (χ1v) is 22.7. The summed E-state index contributed by atoms with van der Waals surface area (Å²) in [6.07, 6.45) is 41.8. The topological polar surface area (TPSA) is 172 Å². The number of unbranched alkanes of at least 4 members (excludes halogenated alkanes) is 17. The van der Waals surface area contributed by atoms with E-state index in [4.69, 9.17) is 24.8 Å². The molecule has 4 N–H and O–H groups in total. The van der Waals surface area contributed by atoms with Gasteiger partial charge in [0.05, 0.1) is 13.2 Å². The predicted molar refractivity (Wildman–Crippen MR) is 222 cm³/mol. The van der Waals surface area contributed by atoms with Crippen LogP contribution in [0.15, 0.2) is 48.6 Å². The SMILES string of the molecule is CCCCC/C=C/C/C=C/C/C=C/C/C=C/CCCC(=O)O[C@H](COC(=O)CCCCCCCCCCCCCCCC)COP(=O)(O)OC[C@H](N)C(=O)O. The van der Waals surface area contributed by atoms with E-state index >= 15 is 0 Å². The Labute approximate surface area is 333 Å². The minimum Gasteiger partial charge on any atom is -0.480 e. The minimum atomic E-state index is -4.73. The van der Waals surface area contributed by atoms with Crippen molar-refractivity contribution in [3.8, 4) is 0 Å². The van der Waals surface area contributed by atoms with Gasteiger partial charge in [0.15, 0.2) is 6.10 Å². The van der Waals surface area contributed by atoms with E-state index < -0.39 is 51.1 Å². The summed E-state index contributed by atoms with van der Waals surface area (Å²) in [5, 5.41) is 8.88. The summed E-state index contributed by atoms with van der Waals surface area (Å²) >= 11 is 0. The number of phosphoric ester groups is 1. The Hall–Kier alpha value is -2.56. The number of ether oxygens (including phenoxy) is 2. The number of nitrogens with two attached hydrogens (primary N) is 1. The number of hydrogen-bond acceptors (Lipinski definition) is 9. The molecule has 0 fully saturated rings. The van der Waals surface area contributed by atoms with Gasteiger partial charge in [-0.2, -0.15) is 0 Å². The maximum absolute atomic E-state index is 12.6. The molecule has 0 spiro atoms. The van der Waals surface area contributed by atoms with Crippen LogP contribution in [0.3, 0.4) is 0 Å². The van der Waals surface area contributed by atoms with Crippen LogP contribution in [0.4, 0.5) is 0 Å². The molecule has 0 rings (SSSR count). The molecule has 0 aromatic carbocycles. The molecule has 0 saturated carbocycles. The first-order valence-electron chi connectivity index (χ1n) is 21.2. The van der Waals surface area contributed by atoms with Gasteiger partial charge in [-0.25, -0.2) is 4.57 Å². The fraction of sp³-hybridized carbons (Fsp3) is 0.744. The van der Waals surface area contributed by atoms with Crippen LogP contribution in [-0.4, -0.2) is 59.9 Å². The van der Waals surface area contributed by atoms with Crippen molar-refractivity contribution in [1.82, 2.24) is 0 Å². The zero-order valence-corrected chi connectivity index (χ0v) is 35.2. The van der Waals surface area contributed by atoms with Gasteiger partial charge in [-0.15, -0.1) is 0 Å². The molecular weight excluding hydrogens is 721 g/mol. The standard InChI is InChI=1S/C43H76NO10P/c1-3-5-7-9-11-13-15-17-19-20-21-23-25-27-29-31-33-35-42(46)54-39(37-52-55(49,50)53-38-40(44)43(47)48)36-51-41(45)34-32-30-28-26-24-22-18-16-14-12-10-8-6-4-2/h11,13,17,19,21,23,27,29,39-40H,3-10,12,14-16,18,20,22,24-26,28,30-38,44H2,1-2H3,(H,47,48)(H,49,50)/b13-11+,19-17+,23-21+,29-27+/t39-,40+/m1/s1. The molecule has 1 unspecified atom stereocenters. The number of carbonyl (C=O) groups is 3. The van der Waals surface area contributed by atoms with Gasteiger partial charge in [0, 0.05) is 12.8 Å². The zero-order chi connectivity index (χ0) is 40.7. The third-order valence-corrected chi connectivity index (χ3v) is 9.78. The minimum absolute atomic E-state index is 0.0856. The molecule has 0 aromatic heterocycles. The van der Waals surface area contributed by atoms with Crippen molar-refractivity contribution in [3.63, 3.8) is 0 Å². The van der Waals surface area contributed by atoms with Crippen molar-refractivity contribution in [2.45, 2.75) is 187 Å². The van der Waals surface area contributed by atoms with Crippen LogP contribution in [0.2, 0.25) is 0 Å². The van der Waals surface area contributed by atoms with Crippen molar-refractivity contribution in [3.05, 3.63) is 48.6 Å². The van der Waals surface area contributed by atoms with Crippen LogP contribution in [-0.2, 0) is 37.5 Å². The first kappa shape index (κ1) is 52.4. The van der Waals surface area contributed by atoms with E-state index in [2.05, 4.69) is 54.8 Å². The Balaban J connectivity index is 4.48. The highest BCUT2D eigenvalue weighted by Crippen LogP contribution is 2.43. The molecule has 0 aliphatic carbocycles. The summed E-state index contributed by atoms with van der Waals surface area (Å²) in [4.78, 5) is 45.9. The maximum Gasteiger partial charge on any atom is 0.472 e. The average Bonchev–Trinajstić information content (AvgIpc) is 3.16. The Morgan fingerprint density at radius 2 is 0.982 bits per heavy atom. The number of allylic oxidation sites excluding steroid dienone is 8. The average molecular weight is 798 g/mol. The van der Waals surface area contributed by atoms with Crippen molar-refractivity contribution in [1.29, 1.82) is 0 Å². The highest BCUT2D eigenvalue weighted by molar-refractivity contribution is 7.47. The highest BCUT2D eigenvalue weighted by Gasteiger charge is 2.28. The second-order valence-electron chi connectivity index (χ2n) is 14.1. The van der Waals surface area contributed by atoms with Crippen LogP contribution in [0.25, 0.3) is 0 Å². The molecule has 11 nitrogen and oxygen atoms in total. The number of aliphatic carboxylic acids is 1. The largest absolute Gasteiger partial charge is 0.480 e.